The quantitative estimate of drug-likeness (QED) is 0.615. The molecule has 2 N–H and O–H groups in total. The summed E-state index contributed by atoms with van der Waals surface area (Å²) in [5.74, 6) is -0.292. The van der Waals surface area contributed by atoms with Crippen molar-refractivity contribution in [2.75, 3.05) is 19.7 Å². The number of carbonyl (C=O) groups excluding carboxylic acids is 2. The van der Waals surface area contributed by atoms with Gasteiger partial charge in [-0.25, -0.2) is 0 Å². The highest BCUT2D eigenvalue weighted by Gasteiger charge is 2.22. The van der Waals surface area contributed by atoms with Crippen LogP contribution in [0, 0.1) is 5.92 Å². The highest BCUT2D eigenvalue weighted by Crippen LogP contribution is 2.02. The molecule has 0 aliphatic carbocycles. The predicted octanol–water partition coefficient (Wildman–Crippen LogP) is -0.336. The fourth-order valence-corrected chi connectivity index (χ4v) is 1.46. The maximum absolute atomic E-state index is 11.3. The van der Waals surface area contributed by atoms with Crippen LogP contribution < -0.4 is 10.6 Å². The van der Waals surface area contributed by atoms with E-state index in [-0.39, 0.29) is 23.8 Å². The van der Waals surface area contributed by atoms with Crippen LogP contribution in [-0.4, -0.2) is 37.6 Å². The highest BCUT2D eigenvalue weighted by molar-refractivity contribution is 5.79. The summed E-state index contributed by atoms with van der Waals surface area (Å²) in [6.45, 7) is 5.21. The first-order chi connectivity index (χ1) is 7.13. The molecule has 0 aromatic heterocycles. The molecule has 2 unspecified atom stereocenters. The van der Waals surface area contributed by atoms with E-state index in [2.05, 4.69) is 10.6 Å². The third-order valence-corrected chi connectivity index (χ3v) is 2.38. The Bertz CT molecular complexity index is 243. The number of carbonyl (C=O) groups is 2. The van der Waals surface area contributed by atoms with Crippen molar-refractivity contribution in [2.24, 2.45) is 5.92 Å². The van der Waals surface area contributed by atoms with Crippen molar-refractivity contribution < 1.29 is 14.3 Å². The molecule has 1 saturated heterocycles. The van der Waals surface area contributed by atoms with Crippen molar-refractivity contribution in [3.63, 3.8) is 0 Å². The number of amides is 1. The van der Waals surface area contributed by atoms with Gasteiger partial charge < -0.3 is 15.4 Å². The molecule has 5 heteroatoms. The van der Waals surface area contributed by atoms with Gasteiger partial charge in [0.2, 0.25) is 5.91 Å². The van der Waals surface area contributed by atoms with Crippen LogP contribution in [0.4, 0.5) is 0 Å². The van der Waals surface area contributed by atoms with Crippen molar-refractivity contribution >= 4 is 11.9 Å². The minimum Gasteiger partial charge on any atom is -0.466 e. The van der Waals surface area contributed by atoms with Gasteiger partial charge in [-0.15, -0.1) is 0 Å². The van der Waals surface area contributed by atoms with E-state index in [4.69, 9.17) is 4.74 Å². The van der Waals surface area contributed by atoms with Crippen LogP contribution in [0.15, 0.2) is 0 Å². The van der Waals surface area contributed by atoms with Crippen LogP contribution >= 0.6 is 0 Å². The van der Waals surface area contributed by atoms with Crippen LogP contribution in [-0.2, 0) is 14.3 Å². The monoisotopic (exact) mass is 214 g/mol. The van der Waals surface area contributed by atoms with Crippen molar-refractivity contribution in [2.45, 2.75) is 26.3 Å². The smallest absolute Gasteiger partial charge is 0.309 e. The molecule has 0 aromatic carbocycles. The Labute approximate surface area is 89.6 Å². The summed E-state index contributed by atoms with van der Waals surface area (Å²) in [6.07, 6.45) is 0.496. The van der Waals surface area contributed by atoms with E-state index in [1.165, 1.54) is 0 Å². The first-order valence-electron chi connectivity index (χ1n) is 5.30. The van der Waals surface area contributed by atoms with E-state index in [1.54, 1.807) is 6.92 Å². The van der Waals surface area contributed by atoms with Crippen LogP contribution in [0.2, 0.25) is 0 Å². The number of hydrogen-bond acceptors (Lipinski definition) is 4. The molecule has 86 valence electrons. The third kappa shape index (κ3) is 3.87. The fourth-order valence-electron chi connectivity index (χ4n) is 1.46. The third-order valence-electron chi connectivity index (χ3n) is 2.38. The summed E-state index contributed by atoms with van der Waals surface area (Å²) in [5, 5.41) is 5.90. The standard InChI is InChI=1S/C10H18N2O3/c1-3-15-10(14)7(2)5-11-8-4-9(13)12-6-8/h7-8,11H,3-6H2,1-2H3,(H,12,13). The van der Waals surface area contributed by atoms with Crippen LogP contribution in [0.25, 0.3) is 0 Å². The maximum Gasteiger partial charge on any atom is 0.309 e. The van der Waals surface area contributed by atoms with Gasteiger partial charge in [-0.2, -0.15) is 0 Å². The second-order valence-electron chi connectivity index (χ2n) is 3.77. The SMILES string of the molecule is CCOC(=O)C(C)CNC1CNC(=O)C1. The Kier molecular flexibility index (Phi) is 4.55. The van der Waals surface area contributed by atoms with Gasteiger partial charge >= 0.3 is 5.97 Å². The number of nitrogens with one attached hydrogen (secondary N) is 2. The van der Waals surface area contributed by atoms with Gasteiger partial charge in [-0.05, 0) is 6.92 Å². The molecule has 1 heterocycles. The van der Waals surface area contributed by atoms with E-state index in [0.717, 1.165) is 0 Å². The molecule has 0 radical (unpaired) electrons. The molecular formula is C10H18N2O3. The lowest BCUT2D eigenvalue weighted by Gasteiger charge is -2.14. The predicted molar refractivity (Wildman–Crippen MR) is 55.2 cm³/mol. The Morgan fingerprint density at radius 1 is 1.73 bits per heavy atom. The van der Waals surface area contributed by atoms with Crippen molar-refractivity contribution in [3.05, 3.63) is 0 Å². The number of ether oxygens (including phenoxy) is 1. The van der Waals surface area contributed by atoms with Gasteiger partial charge in [-0.1, -0.05) is 6.92 Å². The minimum atomic E-state index is -0.192. The topological polar surface area (TPSA) is 67.4 Å². The molecule has 0 saturated carbocycles. The van der Waals surface area contributed by atoms with E-state index in [1.807, 2.05) is 6.92 Å². The largest absolute Gasteiger partial charge is 0.466 e. The molecule has 1 rings (SSSR count). The number of hydrogen-bond donors (Lipinski definition) is 2. The second-order valence-corrected chi connectivity index (χ2v) is 3.77. The van der Waals surface area contributed by atoms with Crippen molar-refractivity contribution in [3.8, 4) is 0 Å². The lowest BCUT2D eigenvalue weighted by Crippen LogP contribution is -2.36. The Morgan fingerprint density at radius 2 is 2.47 bits per heavy atom. The summed E-state index contributed by atoms with van der Waals surface area (Å²) < 4.78 is 4.88. The second kappa shape index (κ2) is 5.70. The Balaban J connectivity index is 2.19. The molecule has 1 fully saturated rings. The van der Waals surface area contributed by atoms with Gasteiger partial charge in [-0.3, -0.25) is 9.59 Å². The minimum absolute atomic E-state index is 0.0660. The molecule has 1 aliphatic rings. The summed E-state index contributed by atoms with van der Waals surface area (Å²) in [6, 6.07) is 0.148. The summed E-state index contributed by atoms with van der Waals surface area (Å²) in [5.41, 5.74) is 0. The molecular weight excluding hydrogens is 196 g/mol. The zero-order valence-electron chi connectivity index (χ0n) is 9.21. The number of rotatable bonds is 5. The zero-order valence-corrected chi connectivity index (χ0v) is 9.21. The molecule has 2 atom stereocenters. The average Bonchev–Trinajstić information content (AvgIpc) is 2.61. The molecule has 0 spiro atoms. The molecule has 5 nitrogen and oxygen atoms in total. The van der Waals surface area contributed by atoms with Gasteiger partial charge in [0.25, 0.3) is 0 Å². The summed E-state index contributed by atoms with van der Waals surface area (Å²) in [4.78, 5) is 22.2. The summed E-state index contributed by atoms with van der Waals surface area (Å²) in [7, 11) is 0. The average molecular weight is 214 g/mol. The van der Waals surface area contributed by atoms with Crippen molar-refractivity contribution in [1.82, 2.24) is 10.6 Å². The van der Waals surface area contributed by atoms with Crippen LogP contribution in [0.3, 0.4) is 0 Å². The molecule has 15 heavy (non-hydrogen) atoms. The Hall–Kier alpha value is -1.10. The van der Waals surface area contributed by atoms with E-state index in [9.17, 15) is 9.59 Å². The first-order valence-corrected chi connectivity index (χ1v) is 5.30. The first kappa shape index (κ1) is 12.0. The van der Waals surface area contributed by atoms with Crippen LogP contribution in [0.1, 0.15) is 20.3 Å². The fraction of sp³-hybridized carbons (Fsp3) is 0.800. The highest BCUT2D eigenvalue weighted by atomic mass is 16.5. The van der Waals surface area contributed by atoms with Gasteiger partial charge in [0.15, 0.2) is 0 Å². The van der Waals surface area contributed by atoms with E-state index in [0.29, 0.717) is 26.1 Å². The molecule has 0 bridgehead atoms. The Morgan fingerprint density at radius 3 is 3.00 bits per heavy atom. The van der Waals surface area contributed by atoms with Gasteiger partial charge in [0.1, 0.15) is 0 Å². The van der Waals surface area contributed by atoms with E-state index >= 15 is 0 Å². The normalized spacial score (nSPS) is 22.3. The van der Waals surface area contributed by atoms with E-state index < -0.39 is 0 Å². The maximum atomic E-state index is 11.3. The van der Waals surface area contributed by atoms with Gasteiger partial charge in [0.05, 0.1) is 12.5 Å². The van der Waals surface area contributed by atoms with Crippen LogP contribution in [0.5, 0.6) is 0 Å². The number of esters is 1. The lowest BCUT2D eigenvalue weighted by molar-refractivity contribution is -0.147. The molecule has 0 aromatic rings. The van der Waals surface area contributed by atoms with Crippen molar-refractivity contribution in [1.29, 1.82) is 0 Å². The molecule has 1 aliphatic heterocycles. The van der Waals surface area contributed by atoms with Gasteiger partial charge in [0, 0.05) is 25.6 Å². The summed E-state index contributed by atoms with van der Waals surface area (Å²) >= 11 is 0. The molecule has 1 amide bonds. The lowest BCUT2D eigenvalue weighted by atomic mass is 10.1. The zero-order chi connectivity index (χ0) is 11.3.